The van der Waals surface area contributed by atoms with Crippen molar-refractivity contribution in [2.75, 3.05) is 11.9 Å². The number of benzene rings is 2. The van der Waals surface area contributed by atoms with Gasteiger partial charge in [-0.3, -0.25) is 4.79 Å². The Balaban J connectivity index is 2.28. The predicted molar refractivity (Wildman–Crippen MR) is 84.8 cm³/mol. The van der Waals surface area contributed by atoms with E-state index in [1.54, 1.807) is 0 Å². The molecule has 0 aliphatic heterocycles. The van der Waals surface area contributed by atoms with Gasteiger partial charge in [-0.05, 0) is 55.3 Å². The number of rotatable bonds is 4. The van der Waals surface area contributed by atoms with E-state index in [1.165, 1.54) is 5.56 Å². The molecular formula is C17H18ClNO. The van der Waals surface area contributed by atoms with Crippen molar-refractivity contribution >= 4 is 23.6 Å². The summed E-state index contributed by atoms with van der Waals surface area (Å²) in [5.41, 5.74) is 4.13. The molecule has 20 heavy (non-hydrogen) atoms. The Labute approximate surface area is 125 Å². The van der Waals surface area contributed by atoms with Crippen LogP contribution < -0.4 is 4.90 Å². The molecule has 0 saturated carbocycles. The summed E-state index contributed by atoms with van der Waals surface area (Å²) in [6.45, 7) is 4.17. The van der Waals surface area contributed by atoms with Crippen LogP contribution in [0.4, 0.5) is 5.69 Å². The number of halogens is 1. The standard InChI is InChI=1S/C17H18ClNO/c1-12-10-14(11-20)4-9-17(12)19(3)13(2)15-5-7-16(18)8-6-15/h4-11,13H,1-3H3. The number of hydrogen-bond donors (Lipinski definition) is 0. The highest BCUT2D eigenvalue weighted by atomic mass is 35.5. The SMILES string of the molecule is Cc1cc(C=O)ccc1N(C)C(C)c1ccc(Cl)cc1. The molecule has 2 aromatic carbocycles. The van der Waals surface area contributed by atoms with Gasteiger partial charge in [0.05, 0.1) is 6.04 Å². The predicted octanol–water partition coefficient (Wildman–Crippen LogP) is 4.66. The van der Waals surface area contributed by atoms with Gasteiger partial charge in [0.25, 0.3) is 0 Å². The highest BCUT2D eigenvalue weighted by molar-refractivity contribution is 6.30. The van der Waals surface area contributed by atoms with E-state index in [0.717, 1.165) is 22.6 Å². The molecule has 0 saturated heterocycles. The van der Waals surface area contributed by atoms with Crippen LogP contribution in [0.1, 0.15) is 34.5 Å². The number of carbonyl (C=O) groups is 1. The molecule has 2 aromatic rings. The fourth-order valence-electron chi connectivity index (χ4n) is 2.32. The second-order valence-corrected chi connectivity index (χ2v) is 5.44. The zero-order chi connectivity index (χ0) is 14.7. The quantitative estimate of drug-likeness (QED) is 0.762. The number of nitrogens with zero attached hydrogens (tertiary/aromatic N) is 1. The van der Waals surface area contributed by atoms with Crippen LogP contribution >= 0.6 is 11.6 Å². The summed E-state index contributed by atoms with van der Waals surface area (Å²) < 4.78 is 0. The number of carbonyl (C=O) groups excluding carboxylic acids is 1. The van der Waals surface area contributed by atoms with E-state index in [1.807, 2.05) is 49.4 Å². The summed E-state index contributed by atoms with van der Waals surface area (Å²) in [4.78, 5) is 13.0. The molecule has 104 valence electrons. The lowest BCUT2D eigenvalue weighted by Gasteiger charge is -2.29. The van der Waals surface area contributed by atoms with Crippen molar-refractivity contribution in [1.82, 2.24) is 0 Å². The molecule has 0 bridgehead atoms. The van der Waals surface area contributed by atoms with Crippen LogP contribution in [0.3, 0.4) is 0 Å². The Morgan fingerprint density at radius 1 is 1.15 bits per heavy atom. The maximum Gasteiger partial charge on any atom is 0.150 e. The van der Waals surface area contributed by atoms with Crippen molar-refractivity contribution in [1.29, 1.82) is 0 Å². The van der Waals surface area contributed by atoms with Crippen LogP contribution in [0.15, 0.2) is 42.5 Å². The van der Waals surface area contributed by atoms with Gasteiger partial charge >= 0.3 is 0 Å². The Kier molecular flexibility index (Phi) is 4.46. The largest absolute Gasteiger partial charge is 0.368 e. The maximum absolute atomic E-state index is 10.8. The first-order valence-corrected chi connectivity index (χ1v) is 6.95. The van der Waals surface area contributed by atoms with Gasteiger partial charge in [-0.25, -0.2) is 0 Å². The lowest BCUT2D eigenvalue weighted by Crippen LogP contribution is -2.22. The third-order valence-electron chi connectivity index (χ3n) is 3.67. The van der Waals surface area contributed by atoms with E-state index in [4.69, 9.17) is 11.6 Å². The van der Waals surface area contributed by atoms with Crippen molar-refractivity contribution in [3.05, 3.63) is 64.2 Å². The first kappa shape index (κ1) is 14.6. The molecule has 0 radical (unpaired) electrons. The molecule has 0 aliphatic carbocycles. The van der Waals surface area contributed by atoms with E-state index in [-0.39, 0.29) is 6.04 Å². The number of aldehydes is 1. The van der Waals surface area contributed by atoms with E-state index < -0.39 is 0 Å². The van der Waals surface area contributed by atoms with E-state index >= 15 is 0 Å². The highest BCUT2D eigenvalue weighted by Gasteiger charge is 2.14. The molecule has 0 heterocycles. The normalized spacial score (nSPS) is 12.0. The second-order valence-electron chi connectivity index (χ2n) is 5.00. The lowest BCUT2D eigenvalue weighted by atomic mass is 10.0. The second kappa shape index (κ2) is 6.10. The summed E-state index contributed by atoms with van der Waals surface area (Å²) in [6.07, 6.45) is 0.874. The molecule has 0 aliphatic rings. The Hall–Kier alpha value is -1.80. The molecule has 0 aromatic heterocycles. The average molecular weight is 288 g/mol. The van der Waals surface area contributed by atoms with Crippen LogP contribution in [-0.4, -0.2) is 13.3 Å². The van der Waals surface area contributed by atoms with E-state index in [9.17, 15) is 4.79 Å². The average Bonchev–Trinajstić information content (AvgIpc) is 2.46. The molecule has 1 atom stereocenters. The number of hydrogen-bond acceptors (Lipinski definition) is 2. The van der Waals surface area contributed by atoms with Crippen LogP contribution in [0.2, 0.25) is 5.02 Å². The fraction of sp³-hybridized carbons (Fsp3) is 0.235. The third-order valence-corrected chi connectivity index (χ3v) is 3.92. The van der Waals surface area contributed by atoms with Gasteiger partial charge in [0, 0.05) is 23.3 Å². The smallest absolute Gasteiger partial charge is 0.150 e. The minimum Gasteiger partial charge on any atom is -0.368 e. The first-order valence-electron chi connectivity index (χ1n) is 6.57. The van der Waals surface area contributed by atoms with Crippen molar-refractivity contribution in [3.8, 4) is 0 Å². The van der Waals surface area contributed by atoms with Gasteiger partial charge < -0.3 is 4.90 Å². The van der Waals surface area contributed by atoms with Gasteiger partial charge in [-0.1, -0.05) is 23.7 Å². The summed E-state index contributed by atoms with van der Waals surface area (Å²) in [5.74, 6) is 0. The van der Waals surface area contributed by atoms with E-state index in [0.29, 0.717) is 5.56 Å². The first-order chi connectivity index (χ1) is 9.52. The minimum absolute atomic E-state index is 0.230. The van der Waals surface area contributed by atoms with Gasteiger partial charge in [0.15, 0.2) is 0 Å². The zero-order valence-electron chi connectivity index (χ0n) is 11.9. The van der Waals surface area contributed by atoms with Crippen molar-refractivity contribution in [2.45, 2.75) is 19.9 Å². The van der Waals surface area contributed by atoms with Crippen LogP contribution in [0.5, 0.6) is 0 Å². The molecule has 0 spiro atoms. The van der Waals surface area contributed by atoms with Gasteiger partial charge in [0.1, 0.15) is 6.29 Å². The summed E-state index contributed by atoms with van der Waals surface area (Å²) >= 11 is 5.92. The van der Waals surface area contributed by atoms with Crippen LogP contribution in [-0.2, 0) is 0 Å². The molecular weight excluding hydrogens is 270 g/mol. The van der Waals surface area contributed by atoms with Crippen molar-refractivity contribution < 1.29 is 4.79 Å². The Morgan fingerprint density at radius 2 is 1.80 bits per heavy atom. The number of anilines is 1. The number of aryl methyl sites for hydroxylation is 1. The summed E-state index contributed by atoms with van der Waals surface area (Å²) in [6, 6.07) is 13.9. The molecule has 2 nitrogen and oxygen atoms in total. The maximum atomic E-state index is 10.8. The van der Waals surface area contributed by atoms with Gasteiger partial charge in [0.2, 0.25) is 0 Å². The van der Waals surface area contributed by atoms with Gasteiger partial charge in [-0.15, -0.1) is 0 Å². The van der Waals surface area contributed by atoms with Crippen molar-refractivity contribution in [3.63, 3.8) is 0 Å². The molecule has 3 heteroatoms. The lowest BCUT2D eigenvalue weighted by molar-refractivity contribution is 0.112. The van der Waals surface area contributed by atoms with Crippen LogP contribution in [0.25, 0.3) is 0 Å². The van der Waals surface area contributed by atoms with Crippen LogP contribution in [0, 0.1) is 6.92 Å². The molecule has 0 fully saturated rings. The van der Waals surface area contributed by atoms with E-state index in [2.05, 4.69) is 18.9 Å². The summed E-state index contributed by atoms with van der Waals surface area (Å²) in [5, 5.41) is 0.745. The Morgan fingerprint density at radius 3 is 2.35 bits per heavy atom. The monoisotopic (exact) mass is 287 g/mol. The fourth-order valence-corrected chi connectivity index (χ4v) is 2.45. The summed E-state index contributed by atoms with van der Waals surface area (Å²) in [7, 11) is 2.06. The van der Waals surface area contributed by atoms with Gasteiger partial charge in [-0.2, -0.15) is 0 Å². The minimum atomic E-state index is 0.230. The molecule has 2 rings (SSSR count). The zero-order valence-corrected chi connectivity index (χ0v) is 12.7. The highest BCUT2D eigenvalue weighted by Crippen LogP contribution is 2.28. The molecule has 0 amide bonds. The molecule has 0 N–H and O–H groups in total. The van der Waals surface area contributed by atoms with Crippen molar-refractivity contribution in [2.24, 2.45) is 0 Å². The topological polar surface area (TPSA) is 20.3 Å². The Bertz CT molecular complexity index is 607. The molecule has 1 unspecified atom stereocenters. The third kappa shape index (κ3) is 3.02.